The molecule has 3 rings (SSSR count). The van der Waals surface area contributed by atoms with E-state index >= 15 is 0 Å². The number of ether oxygens (including phenoxy) is 1. The average molecular weight is 327 g/mol. The molecule has 0 aromatic heterocycles. The van der Waals surface area contributed by atoms with Crippen LogP contribution in [0.3, 0.4) is 0 Å². The zero-order valence-electron chi connectivity index (χ0n) is 13.2. The number of morpholine rings is 1. The van der Waals surface area contributed by atoms with E-state index in [2.05, 4.69) is 41.9 Å². The predicted octanol–water partition coefficient (Wildman–Crippen LogP) is 3.75. The average Bonchev–Trinajstić information content (AvgIpc) is 2.63. The van der Waals surface area contributed by atoms with Gasteiger partial charge in [0, 0.05) is 29.2 Å². The Hall–Kier alpha value is -1.98. The number of nitrogens with zero attached hydrogens (tertiary/aromatic N) is 1. The van der Waals surface area contributed by atoms with Crippen molar-refractivity contribution in [1.29, 1.82) is 5.41 Å². The summed E-state index contributed by atoms with van der Waals surface area (Å²) in [4.78, 5) is 3.23. The first-order valence-electron chi connectivity index (χ1n) is 7.69. The first-order valence-corrected chi connectivity index (χ1v) is 8.92. The summed E-state index contributed by atoms with van der Waals surface area (Å²) in [5.74, 6) is 0.433. The second-order valence-corrected chi connectivity index (χ2v) is 6.23. The maximum absolute atomic E-state index is 8.33. The van der Waals surface area contributed by atoms with Crippen LogP contribution in [0.4, 0.5) is 5.69 Å². The highest BCUT2D eigenvalue weighted by Crippen LogP contribution is 2.32. The normalized spacial score (nSPS) is 14.6. The second-order valence-electron chi connectivity index (χ2n) is 5.35. The third-order valence-corrected chi connectivity index (χ3v) is 4.62. The number of thioether (sulfide) groups is 1. The Kier molecular flexibility index (Phi) is 5.20. The number of nitrogens with one attached hydrogen (secondary N) is 2. The fourth-order valence-electron chi connectivity index (χ4n) is 2.61. The Morgan fingerprint density at radius 2 is 1.87 bits per heavy atom. The lowest BCUT2D eigenvalue weighted by Gasteiger charge is -2.29. The van der Waals surface area contributed by atoms with E-state index in [0.29, 0.717) is 19.2 Å². The highest BCUT2D eigenvalue weighted by molar-refractivity contribution is 7.98. The van der Waals surface area contributed by atoms with Gasteiger partial charge in [0.25, 0.3) is 0 Å². The van der Waals surface area contributed by atoms with Crippen molar-refractivity contribution in [2.24, 2.45) is 0 Å². The summed E-state index contributed by atoms with van der Waals surface area (Å²) in [5, 5.41) is 11.6. The van der Waals surface area contributed by atoms with E-state index in [0.717, 1.165) is 29.9 Å². The van der Waals surface area contributed by atoms with E-state index in [1.165, 1.54) is 4.90 Å². The van der Waals surface area contributed by atoms with E-state index in [-0.39, 0.29) is 0 Å². The van der Waals surface area contributed by atoms with Gasteiger partial charge in [0.1, 0.15) is 0 Å². The summed E-state index contributed by atoms with van der Waals surface area (Å²) in [6.07, 6.45) is 2.08. The van der Waals surface area contributed by atoms with Crippen molar-refractivity contribution in [3.05, 3.63) is 48.5 Å². The maximum Gasteiger partial charge on any atom is 0.195 e. The van der Waals surface area contributed by atoms with Gasteiger partial charge in [0.15, 0.2) is 5.96 Å². The second kappa shape index (κ2) is 7.53. The molecule has 1 saturated heterocycles. The van der Waals surface area contributed by atoms with Crippen LogP contribution in [-0.2, 0) is 4.74 Å². The topological polar surface area (TPSA) is 48.4 Å². The van der Waals surface area contributed by atoms with E-state index in [9.17, 15) is 0 Å². The minimum atomic E-state index is 0.433. The molecule has 1 aliphatic heterocycles. The summed E-state index contributed by atoms with van der Waals surface area (Å²) in [6, 6.07) is 16.6. The third kappa shape index (κ3) is 3.86. The third-order valence-electron chi connectivity index (χ3n) is 3.89. The molecule has 5 heteroatoms. The van der Waals surface area contributed by atoms with Gasteiger partial charge in [0.05, 0.1) is 13.2 Å². The van der Waals surface area contributed by atoms with Crippen LogP contribution in [0.15, 0.2) is 53.4 Å². The van der Waals surface area contributed by atoms with Gasteiger partial charge in [-0.05, 0) is 30.0 Å². The predicted molar refractivity (Wildman–Crippen MR) is 97.4 cm³/mol. The molecule has 1 fully saturated rings. The first-order chi connectivity index (χ1) is 11.3. The Balaban J connectivity index is 1.87. The summed E-state index contributed by atoms with van der Waals surface area (Å²) in [5.41, 5.74) is 3.24. The van der Waals surface area contributed by atoms with Crippen molar-refractivity contribution in [3.8, 4) is 11.1 Å². The van der Waals surface area contributed by atoms with Gasteiger partial charge in [-0.3, -0.25) is 5.41 Å². The smallest absolute Gasteiger partial charge is 0.195 e. The molecule has 120 valence electrons. The molecule has 0 amide bonds. The minimum Gasteiger partial charge on any atom is -0.378 e. The van der Waals surface area contributed by atoms with Crippen molar-refractivity contribution in [2.75, 3.05) is 37.9 Å². The number of hydrogen-bond acceptors (Lipinski definition) is 3. The number of hydrogen-bond donors (Lipinski definition) is 2. The Morgan fingerprint density at radius 3 is 2.57 bits per heavy atom. The number of benzene rings is 2. The molecular formula is C18H21N3OS. The van der Waals surface area contributed by atoms with Crippen LogP contribution in [0.25, 0.3) is 11.1 Å². The monoisotopic (exact) mass is 327 g/mol. The molecule has 2 N–H and O–H groups in total. The summed E-state index contributed by atoms with van der Waals surface area (Å²) < 4.78 is 5.35. The highest BCUT2D eigenvalue weighted by atomic mass is 32.2. The molecule has 23 heavy (non-hydrogen) atoms. The van der Waals surface area contributed by atoms with Crippen molar-refractivity contribution in [1.82, 2.24) is 4.90 Å². The van der Waals surface area contributed by atoms with Crippen molar-refractivity contribution >= 4 is 23.4 Å². The molecule has 0 radical (unpaired) electrons. The lowest BCUT2D eigenvalue weighted by Crippen LogP contribution is -2.43. The molecule has 2 aromatic rings. The van der Waals surface area contributed by atoms with Crippen LogP contribution in [0, 0.1) is 5.41 Å². The molecule has 1 aliphatic rings. The van der Waals surface area contributed by atoms with Crippen LogP contribution in [0.1, 0.15) is 0 Å². The van der Waals surface area contributed by atoms with Crippen molar-refractivity contribution in [3.63, 3.8) is 0 Å². The van der Waals surface area contributed by atoms with Gasteiger partial charge in [-0.1, -0.05) is 30.3 Å². The fraction of sp³-hybridized carbons (Fsp3) is 0.278. The molecule has 0 saturated carbocycles. The van der Waals surface area contributed by atoms with Gasteiger partial charge >= 0.3 is 0 Å². The fourth-order valence-corrected chi connectivity index (χ4v) is 3.05. The Morgan fingerprint density at radius 1 is 1.13 bits per heavy atom. The first kappa shape index (κ1) is 15.9. The largest absolute Gasteiger partial charge is 0.378 e. The summed E-state index contributed by atoms with van der Waals surface area (Å²) >= 11 is 1.72. The zero-order chi connectivity index (χ0) is 16.1. The van der Waals surface area contributed by atoms with Crippen LogP contribution in [0.2, 0.25) is 0 Å². The molecule has 4 nitrogen and oxygen atoms in total. The molecular weight excluding hydrogens is 306 g/mol. The number of rotatable bonds is 3. The van der Waals surface area contributed by atoms with Crippen molar-refractivity contribution < 1.29 is 4.74 Å². The van der Waals surface area contributed by atoms with Gasteiger partial charge in [-0.15, -0.1) is 11.8 Å². The van der Waals surface area contributed by atoms with Crippen LogP contribution < -0.4 is 5.32 Å². The molecule has 0 bridgehead atoms. The highest BCUT2D eigenvalue weighted by Gasteiger charge is 2.15. The quantitative estimate of drug-likeness (QED) is 0.512. The van der Waals surface area contributed by atoms with Gasteiger partial charge < -0.3 is 15.0 Å². The van der Waals surface area contributed by atoms with Crippen molar-refractivity contribution in [2.45, 2.75) is 4.90 Å². The van der Waals surface area contributed by atoms with Crippen LogP contribution >= 0.6 is 11.8 Å². The molecule has 0 atom stereocenters. The molecule has 0 aliphatic carbocycles. The van der Waals surface area contributed by atoms with Crippen LogP contribution in [-0.4, -0.2) is 43.4 Å². The Labute approximate surface area is 141 Å². The SMILES string of the molecule is CSc1ccc(NC(=N)N2CCOCC2)c(-c2ccccc2)c1. The lowest BCUT2D eigenvalue weighted by molar-refractivity contribution is 0.0677. The standard InChI is InChI=1S/C18H21N3OS/c1-23-15-7-8-17(16(13-15)14-5-3-2-4-6-14)20-18(19)21-9-11-22-12-10-21/h2-8,13H,9-12H2,1H3,(H2,19,20). The Bertz CT molecular complexity index is 669. The van der Waals surface area contributed by atoms with Gasteiger partial charge in [-0.25, -0.2) is 0 Å². The van der Waals surface area contributed by atoms with E-state index in [4.69, 9.17) is 10.1 Å². The molecule has 2 aromatic carbocycles. The summed E-state index contributed by atoms with van der Waals surface area (Å²) in [7, 11) is 0. The zero-order valence-corrected chi connectivity index (χ0v) is 14.0. The molecule has 1 heterocycles. The number of anilines is 1. The minimum absolute atomic E-state index is 0.433. The summed E-state index contributed by atoms with van der Waals surface area (Å²) in [6.45, 7) is 2.88. The van der Waals surface area contributed by atoms with Crippen LogP contribution in [0.5, 0.6) is 0 Å². The van der Waals surface area contributed by atoms with E-state index < -0.39 is 0 Å². The van der Waals surface area contributed by atoms with E-state index in [1.807, 2.05) is 23.1 Å². The maximum atomic E-state index is 8.33. The van der Waals surface area contributed by atoms with Gasteiger partial charge in [-0.2, -0.15) is 0 Å². The number of guanidine groups is 1. The lowest BCUT2D eigenvalue weighted by atomic mass is 10.0. The molecule has 0 unspecified atom stereocenters. The molecule has 0 spiro atoms. The van der Waals surface area contributed by atoms with Gasteiger partial charge in [0.2, 0.25) is 0 Å². The van der Waals surface area contributed by atoms with E-state index in [1.54, 1.807) is 11.8 Å².